The van der Waals surface area contributed by atoms with Crippen LogP contribution in [0.5, 0.6) is 5.75 Å². The first kappa shape index (κ1) is 13.3. The Labute approximate surface area is 101 Å². The van der Waals surface area contributed by atoms with Gasteiger partial charge in [0, 0.05) is 11.9 Å². The van der Waals surface area contributed by atoms with Gasteiger partial charge in [-0.3, -0.25) is 0 Å². The number of methoxy groups -OCH3 is 1. The van der Waals surface area contributed by atoms with E-state index in [2.05, 4.69) is 0 Å². The van der Waals surface area contributed by atoms with Crippen molar-refractivity contribution < 1.29 is 9.13 Å². The van der Waals surface area contributed by atoms with Crippen molar-refractivity contribution >= 4 is 11.6 Å². The second kappa shape index (κ2) is 6.06. The summed E-state index contributed by atoms with van der Waals surface area (Å²) in [5.41, 5.74) is 0.920. The fraction of sp³-hybridized carbons (Fsp3) is 0.500. The van der Waals surface area contributed by atoms with Crippen LogP contribution in [-0.4, -0.2) is 32.0 Å². The number of benzene rings is 1. The molecule has 0 saturated carbocycles. The Morgan fingerprint density at radius 1 is 1.44 bits per heavy atom. The second-order valence-corrected chi connectivity index (χ2v) is 4.23. The Bertz CT molecular complexity index is 344. The third-order valence-corrected chi connectivity index (χ3v) is 2.78. The first-order valence-electron chi connectivity index (χ1n) is 5.16. The molecule has 0 N–H and O–H groups in total. The molecular weight excluding hydrogens is 229 g/mol. The van der Waals surface area contributed by atoms with E-state index in [1.807, 2.05) is 25.1 Å². The highest BCUT2D eigenvalue weighted by Crippen LogP contribution is 2.26. The number of alkyl halides is 1. The van der Waals surface area contributed by atoms with Gasteiger partial charge in [0.2, 0.25) is 0 Å². The number of halogens is 2. The Morgan fingerprint density at radius 3 is 2.56 bits per heavy atom. The molecule has 90 valence electrons. The Balaban J connectivity index is 2.97. The van der Waals surface area contributed by atoms with Gasteiger partial charge >= 0.3 is 0 Å². The van der Waals surface area contributed by atoms with Gasteiger partial charge < -0.3 is 9.64 Å². The van der Waals surface area contributed by atoms with Crippen LogP contribution >= 0.6 is 11.6 Å². The highest BCUT2D eigenvalue weighted by atomic mass is 35.5. The Kier molecular flexibility index (Phi) is 5.03. The normalized spacial score (nSPS) is 12.9. The first-order chi connectivity index (χ1) is 7.60. The van der Waals surface area contributed by atoms with Crippen LogP contribution in [0.4, 0.5) is 4.39 Å². The van der Waals surface area contributed by atoms with Crippen LogP contribution < -0.4 is 4.74 Å². The van der Waals surface area contributed by atoms with Crippen molar-refractivity contribution in [1.82, 2.24) is 4.90 Å². The third kappa shape index (κ3) is 3.09. The summed E-state index contributed by atoms with van der Waals surface area (Å²) < 4.78 is 18.4. The van der Waals surface area contributed by atoms with E-state index in [0.717, 1.165) is 12.0 Å². The first-order valence-corrected chi connectivity index (χ1v) is 5.69. The molecule has 0 heterocycles. The lowest BCUT2D eigenvalue weighted by atomic mass is 10.0. The number of rotatable bonds is 5. The van der Waals surface area contributed by atoms with Crippen molar-refractivity contribution in [3.63, 3.8) is 0 Å². The molecule has 0 spiro atoms. The van der Waals surface area contributed by atoms with E-state index in [0.29, 0.717) is 5.88 Å². The summed E-state index contributed by atoms with van der Waals surface area (Å²) in [6, 6.07) is 5.17. The maximum atomic E-state index is 13.5. The van der Waals surface area contributed by atoms with Crippen molar-refractivity contribution in [1.29, 1.82) is 0 Å². The van der Waals surface area contributed by atoms with Gasteiger partial charge in [0.1, 0.15) is 0 Å². The molecule has 0 aromatic heterocycles. The monoisotopic (exact) mass is 245 g/mol. The highest BCUT2D eigenvalue weighted by Gasteiger charge is 2.15. The summed E-state index contributed by atoms with van der Waals surface area (Å²) in [4.78, 5) is 2.03. The maximum Gasteiger partial charge on any atom is 0.165 e. The van der Waals surface area contributed by atoms with E-state index in [9.17, 15) is 4.39 Å². The zero-order chi connectivity index (χ0) is 12.1. The van der Waals surface area contributed by atoms with Gasteiger partial charge in [0.25, 0.3) is 0 Å². The average Bonchev–Trinajstić information content (AvgIpc) is 2.25. The van der Waals surface area contributed by atoms with Crippen LogP contribution in [0.25, 0.3) is 0 Å². The minimum atomic E-state index is -0.332. The molecule has 16 heavy (non-hydrogen) atoms. The van der Waals surface area contributed by atoms with E-state index in [-0.39, 0.29) is 17.6 Å². The summed E-state index contributed by atoms with van der Waals surface area (Å²) in [5.74, 6) is 0.491. The smallest absolute Gasteiger partial charge is 0.165 e. The molecule has 0 aliphatic heterocycles. The van der Waals surface area contributed by atoms with Gasteiger partial charge in [-0.15, -0.1) is 11.6 Å². The molecule has 0 radical (unpaired) electrons. The molecule has 1 atom stereocenters. The lowest BCUT2D eigenvalue weighted by Crippen LogP contribution is -2.20. The lowest BCUT2D eigenvalue weighted by Gasteiger charge is -2.24. The summed E-state index contributed by atoms with van der Waals surface area (Å²) in [5, 5.41) is 0. The Hall–Kier alpha value is -0.800. The number of hydrogen-bond acceptors (Lipinski definition) is 2. The van der Waals surface area contributed by atoms with Gasteiger partial charge in [0.05, 0.1) is 7.11 Å². The average molecular weight is 246 g/mol. The number of hydrogen-bond donors (Lipinski definition) is 0. The number of ether oxygens (including phenoxy) is 1. The van der Waals surface area contributed by atoms with Crippen molar-refractivity contribution in [2.45, 2.75) is 12.5 Å². The van der Waals surface area contributed by atoms with Crippen molar-refractivity contribution in [3.8, 4) is 5.75 Å². The predicted octanol–water partition coefficient (Wildman–Crippen LogP) is 3.07. The van der Waals surface area contributed by atoms with Crippen LogP contribution in [-0.2, 0) is 0 Å². The van der Waals surface area contributed by atoms with Crippen LogP contribution in [0.3, 0.4) is 0 Å². The SMILES string of the molecule is COc1ccc(C(CCCl)N(C)C)cc1F. The van der Waals surface area contributed by atoms with Crippen molar-refractivity contribution in [2.75, 3.05) is 27.1 Å². The highest BCUT2D eigenvalue weighted by molar-refractivity contribution is 6.17. The number of nitrogens with zero attached hydrogens (tertiary/aromatic N) is 1. The van der Waals surface area contributed by atoms with Gasteiger partial charge in [-0.25, -0.2) is 4.39 Å². The lowest BCUT2D eigenvalue weighted by molar-refractivity contribution is 0.291. The molecule has 0 fully saturated rings. The Morgan fingerprint density at radius 2 is 2.12 bits per heavy atom. The molecule has 0 amide bonds. The molecule has 2 nitrogen and oxygen atoms in total. The van der Waals surface area contributed by atoms with E-state index >= 15 is 0 Å². The minimum Gasteiger partial charge on any atom is -0.494 e. The predicted molar refractivity (Wildman–Crippen MR) is 64.7 cm³/mol. The summed E-state index contributed by atoms with van der Waals surface area (Å²) >= 11 is 5.74. The zero-order valence-electron chi connectivity index (χ0n) is 9.84. The van der Waals surface area contributed by atoms with Gasteiger partial charge in [-0.05, 0) is 38.2 Å². The maximum absolute atomic E-state index is 13.5. The molecule has 1 aromatic rings. The topological polar surface area (TPSA) is 12.5 Å². The molecule has 0 bridgehead atoms. The summed E-state index contributed by atoms with van der Waals surface area (Å²) in [7, 11) is 5.37. The van der Waals surface area contributed by atoms with Gasteiger partial charge in [-0.1, -0.05) is 6.07 Å². The molecule has 4 heteroatoms. The third-order valence-electron chi connectivity index (χ3n) is 2.57. The van der Waals surface area contributed by atoms with Gasteiger partial charge in [0.15, 0.2) is 11.6 Å². The molecule has 0 aliphatic carbocycles. The van der Waals surface area contributed by atoms with E-state index in [1.165, 1.54) is 13.2 Å². The van der Waals surface area contributed by atoms with Crippen LogP contribution in [0.2, 0.25) is 0 Å². The standard InChI is InChI=1S/C12H17ClFNO/c1-15(2)11(6-7-13)9-4-5-12(16-3)10(14)8-9/h4-5,8,11H,6-7H2,1-3H3. The van der Waals surface area contributed by atoms with Gasteiger partial charge in [-0.2, -0.15) is 0 Å². The molecule has 1 aromatic carbocycles. The quantitative estimate of drug-likeness (QED) is 0.740. The van der Waals surface area contributed by atoms with Crippen LogP contribution in [0, 0.1) is 5.82 Å². The van der Waals surface area contributed by atoms with Crippen molar-refractivity contribution in [2.24, 2.45) is 0 Å². The molecule has 1 unspecified atom stereocenters. The zero-order valence-corrected chi connectivity index (χ0v) is 10.6. The van der Waals surface area contributed by atoms with E-state index in [4.69, 9.17) is 16.3 Å². The minimum absolute atomic E-state index is 0.137. The molecule has 0 aliphatic rings. The summed E-state index contributed by atoms with van der Waals surface area (Å²) in [6.45, 7) is 0. The van der Waals surface area contributed by atoms with E-state index in [1.54, 1.807) is 6.07 Å². The van der Waals surface area contributed by atoms with E-state index < -0.39 is 0 Å². The molecule has 0 saturated heterocycles. The van der Waals surface area contributed by atoms with Crippen LogP contribution in [0.15, 0.2) is 18.2 Å². The van der Waals surface area contributed by atoms with Crippen LogP contribution in [0.1, 0.15) is 18.0 Å². The fourth-order valence-corrected chi connectivity index (χ4v) is 1.92. The molecular formula is C12H17ClFNO. The fourth-order valence-electron chi connectivity index (χ4n) is 1.72. The van der Waals surface area contributed by atoms with Crippen molar-refractivity contribution in [3.05, 3.63) is 29.6 Å². The second-order valence-electron chi connectivity index (χ2n) is 3.85. The summed E-state index contributed by atoms with van der Waals surface area (Å²) in [6.07, 6.45) is 0.792. The molecule has 1 rings (SSSR count). The largest absolute Gasteiger partial charge is 0.494 e.